The van der Waals surface area contributed by atoms with Gasteiger partial charge in [0.05, 0.1) is 22.7 Å². The molecular weight excluding hydrogens is 270 g/mol. The summed E-state index contributed by atoms with van der Waals surface area (Å²) in [6, 6.07) is 6.11. The first-order valence-corrected chi connectivity index (χ1v) is 7.72. The maximum absolute atomic E-state index is 6.47. The van der Waals surface area contributed by atoms with E-state index in [0.717, 1.165) is 36.6 Å². The van der Waals surface area contributed by atoms with E-state index in [1.54, 1.807) is 0 Å². The van der Waals surface area contributed by atoms with Gasteiger partial charge in [-0.25, -0.2) is 4.98 Å². The third kappa shape index (κ3) is 2.48. The van der Waals surface area contributed by atoms with Gasteiger partial charge in [-0.3, -0.25) is 0 Å². The van der Waals surface area contributed by atoms with Gasteiger partial charge in [0.25, 0.3) is 0 Å². The number of halogens is 1. The molecule has 1 aromatic carbocycles. The molecule has 20 heavy (non-hydrogen) atoms. The number of aromatic nitrogens is 2. The number of benzene rings is 1. The second-order valence-corrected chi connectivity index (χ2v) is 5.65. The van der Waals surface area contributed by atoms with Crippen molar-refractivity contribution in [3.8, 4) is 5.69 Å². The molecule has 3 rings (SSSR count). The van der Waals surface area contributed by atoms with Crippen molar-refractivity contribution in [1.29, 1.82) is 0 Å². The molecule has 0 saturated carbocycles. The number of hydrogen-bond acceptors (Lipinski definition) is 2. The summed E-state index contributed by atoms with van der Waals surface area (Å²) >= 11 is 6.47. The van der Waals surface area contributed by atoms with E-state index >= 15 is 0 Å². The van der Waals surface area contributed by atoms with E-state index in [0.29, 0.717) is 0 Å². The van der Waals surface area contributed by atoms with Gasteiger partial charge in [0.2, 0.25) is 0 Å². The number of nitrogens with zero attached hydrogens (tertiary/aromatic N) is 2. The molecule has 0 bridgehead atoms. The molecule has 2 aromatic rings. The molecule has 1 N–H and O–H groups in total. The first-order valence-electron chi connectivity index (χ1n) is 7.35. The Morgan fingerprint density at radius 2 is 2.15 bits per heavy atom. The van der Waals surface area contributed by atoms with Crippen molar-refractivity contribution in [1.82, 2.24) is 14.9 Å². The number of aryl methyl sites for hydroxylation is 1. The maximum Gasteiger partial charge on any atom is 0.0998 e. The standard InChI is InChI=1S/C16H20ClN3/c1-2-18-10-12-6-5-7-13(17)16(12)20-11-19-14-8-3-4-9-15(14)20/h5-7,11,18H,2-4,8-10H2,1H3. The monoisotopic (exact) mass is 289 g/mol. The fourth-order valence-electron chi connectivity index (χ4n) is 2.89. The highest BCUT2D eigenvalue weighted by atomic mass is 35.5. The first kappa shape index (κ1) is 13.7. The summed E-state index contributed by atoms with van der Waals surface area (Å²) in [7, 11) is 0. The SMILES string of the molecule is CCNCc1cccc(Cl)c1-n1cnc2c1CCCC2. The van der Waals surface area contributed by atoms with E-state index in [1.165, 1.54) is 29.8 Å². The normalized spacial score (nSPS) is 14.3. The van der Waals surface area contributed by atoms with Crippen molar-refractivity contribution in [2.45, 2.75) is 39.2 Å². The van der Waals surface area contributed by atoms with Gasteiger partial charge in [-0.05, 0) is 43.9 Å². The molecular formula is C16H20ClN3. The average Bonchev–Trinajstić information content (AvgIpc) is 2.89. The Bertz CT molecular complexity index is 604. The largest absolute Gasteiger partial charge is 0.313 e. The number of para-hydroxylation sites is 1. The minimum atomic E-state index is 0.797. The number of nitrogens with one attached hydrogen (secondary N) is 1. The third-order valence-electron chi connectivity index (χ3n) is 3.91. The van der Waals surface area contributed by atoms with Gasteiger partial charge in [0.15, 0.2) is 0 Å². The fraction of sp³-hybridized carbons (Fsp3) is 0.438. The van der Waals surface area contributed by atoms with Crippen LogP contribution in [-0.2, 0) is 19.4 Å². The second-order valence-electron chi connectivity index (χ2n) is 5.24. The van der Waals surface area contributed by atoms with Gasteiger partial charge < -0.3 is 9.88 Å². The molecule has 0 amide bonds. The predicted molar refractivity (Wildman–Crippen MR) is 82.6 cm³/mol. The highest BCUT2D eigenvalue weighted by molar-refractivity contribution is 6.32. The summed E-state index contributed by atoms with van der Waals surface area (Å²) in [5.74, 6) is 0. The summed E-state index contributed by atoms with van der Waals surface area (Å²) in [6.07, 6.45) is 6.62. The molecule has 0 spiro atoms. The topological polar surface area (TPSA) is 29.9 Å². The Balaban J connectivity index is 2.07. The lowest BCUT2D eigenvalue weighted by Gasteiger charge is -2.18. The van der Waals surface area contributed by atoms with Crippen molar-refractivity contribution in [2.24, 2.45) is 0 Å². The third-order valence-corrected chi connectivity index (χ3v) is 4.21. The van der Waals surface area contributed by atoms with Crippen LogP contribution in [0.3, 0.4) is 0 Å². The zero-order valence-corrected chi connectivity index (χ0v) is 12.6. The van der Waals surface area contributed by atoms with E-state index in [-0.39, 0.29) is 0 Å². The van der Waals surface area contributed by atoms with Crippen molar-refractivity contribution in [3.05, 3.63) is 46.5 Å². The summed E-state index contributed by atoms with van der Waals surface area (Å²) in [6.45, 7) is 3.90. The summed E-state index contributed by atoms with van der Waals surface area (Å²) in [5.41, 5.74) is 4.89. The number of imidazole rings is 1. The summed E-state index contributed by atoms with van der Waals surface area (Å²) < 4.78 is 2.20. The highest BCUT2D eigenvalue weighted by Crippen LogP contribution is 2.29. The van der Waals surface area contributed by atoms with Crippen molar-refractivity contribution < 1.29 is 0 Å². The lowest BCUT2D eigenvalue weighted by atomic mass is 10.0. The van der Waals surface area contributed by atoms with E-state index < -0.39 is 0 Å². The van der Waals surface area contributed by atoms with Crippen LogP contribution >= 0.6 is 11.6 Å². The van der Waals surface area contributed by atoms with Crippen LogP contribution in [0.25, 0.3) is 5.69 Å². The Morgan fingerprint density at radius 1 is 1.30 bits per heavy atom. The fourth-order valence-corrected chi connectivity index (χ4v) is 3.18. The number of fused-ring (bicyclic) bond motifs is 1. The lowest BCUT2D eigenvalue weighted by Crippen LogP contribution is -2.15. The first-order chi connectivity index (χ1) is 9.81. The molecule has 0 saturated heterocycles. The van der Waals surface area contributed by atoms with Gasteiger partial charge in [-0.2, -0.15) is 0 Å². The predicted octanol–water partition coefficient (Wildman–Crippen LogP) is 3.51. The van der Waals surface area contributed by atoms with E-state index in [2.05, 4.69) is 27.9 Å². The van der Waals surface area contributed by atoms with Crippen LogP contribution in [0.5, 0.6) is 0 Å². The Labute approximate surface area is 125 Å². The van der Waals surface area contributed by atoms with Crippen molar-refractivity contribution >= 4 is 11.6 Å². The van der Waals surface area contributed by atoms with Crippen LogP contribution in [0.15, 0.2) is 24.5 Å². The Hall–Kier alpha value is -1.32. The van der Waals surface area contributed by atoms with Crippen LogP contribution in [0.2, 0.25) is 5.02 Å². The van der Waals surface area contributed by atoms with Crippen LogP contribution < -0.4 is 5.32 Å². The zero-order chi connectivity index (χ0) is 13.9. The Morgan fingerprint density at radius 3 is 3.00 bits per heavy atom. The molecule has 3 nitrogen and oxygen atoms in total. The minimum absolute atomic E-state index is 0.797. The van der Waals surface area contributed by atoms with Gasteiger partial charge >= 0.3 is 0 Å². The smallest absolute Gasteiger partial charge is 0.0998 e. The van der Waals surface area contributed by atoms with Crippen LogP contribution in [0.4, 0.5) is 0 Å². The molecule has 0 atom stereocenters. The molecule has 1 aliphatic carbocycles. The molecule has 0 radical (unpaired) electrons. The van der Waals surface area contributed by atoms with Gasteiger partial charge in [0.1, 0.15) is 0 Å². The summed E-state index contributed by atoms with van der Waals surface area (Å²) in [5, 5.41) is 4.18. The van der Waals surface area contributed by atoms with Crippen LogP contribution in [0.1, 0.15) is 36.7 Å². The average molecular weight is 290 g/mol. The molecule has 0 aliphatic heterocycles. The van der Waals surface area contributed by atoms with E-state index in [1.807, 2.05) is 18.5 Å². The molecule has 1 aliphatic rings. The number of hydrogen-bond donors (Lipinski definition) is 1. The highest BCUT2D eigenvalue weighted by Gasteiger charge is 2.19. The zero-order valence-electron chi connectivity index (χ0n) is 11.8. The molecule has 0 fully saturated rings. The summed E-state index contributed by atoms with van der Waals surface area (Å²) in [4.78, 5) is 4.58. The van der Waals surface area contributed by atoms with E-state index in [9.17, 15) is 0 Å². The van der Waals surface area contributed by atoms with Gasteiger partial charge in [0, 0.05) is 12.2 Å². The van der Waals surface area contributed by atoms with Crippen molar-refractivity contribution in [3.63, 3.8) is 0 Å². The molecule has 4 heteroatoms. The maximum atomic E-state index is 6.47. The molecule has 106 valence electrons. The molecule has 0 unspecified atom stereocenters. The van der Waals surface area contributed by atoms with Crippen LogP contribution in [-0.4, -0.2) is 16.1 Å². The minimum Gasteiger partial charge on any atom is -0.313 e. The van der Waals surface area contributed by atoms with Crippen molar-refractivity contribution in [2.75, 3.05) is 6.54 Å². The number of rotatable bonds is 4. The Kier molecular flexibility index (Phi) is 4.08. The second kappa shape index (κ2) is 5.98. The van der Waals surface area contributed by atoms with Gasteiger partial charge in [-0.15, -0.1) is 0 Å². The van der Waals surface area contributed by atoms with Gasteiger partial charge in [-0.1, -0.05) is 30.7 Å². The quantitative estimate of drug-likeness (QED) is 0.933. The van der Waals surface area contributed by atoms with E-state index in [4.69, 9.17) is 11.6 Å². The molecule has 1 heterocycles. The van der Waals surface area contributed by atoms with Crippen LogP contribution in [0, 0.1) is 0 Å². The lowest BCUT2D eigenvalue weighted by molar-refractivity contribution is 0.653. The molecule has 1 aromatic heterocycles.